The number of nitrogens with zero attached hydrogens (tertiary/aromatic N) is 3. The molecule has 30 heteroatoms. The highest BCUT2D eigenvalue weighted by atomic mass is 79.9. The van der Waals surface area contributed by atoms with Crippen LogP contribution in [0.3, 0.4) is 0 Å². The first-order valence-electron chi connectivity index (χ1n) is 29.9. The van der Waals surface area contributed by atoms with Gasteiger partial charge < -0.3 is 43.6 Å². The number of carbonyl (C=O) groups excluding carboxylic acids is 1. The molecule has 5 N–H and O–H groups in total. The van der Waals surface area contributed by atoms with Crippen LogP contribution in [0, 0.1) is 0 Å². The van der Waals surface area contributed by atoms with Gasteiger partial charge in [0.2, 0.25) is 0 Å². The zero-order valence-corrected chi connectivity index (χ0v) is 59.4. The number of halogens is 12. The summed E-state index contributed by atoms with van der Waals surface area (Å²) in [5.41, 5.74) is -6.28. The Morgan fingerprint density at radius 2 is 0.933 bits per heavy atom. The van der Waals surface area contributed by atoms with Crippen molar-refractivity contribution < 1.29 is 92.4 Å². The molecule has 0 radical (unpaired) electrons. The van der Waals surface area contributed by atoms with Crippen LogP contribution in [-0.4, -0.2) is 124 Å². The van der Waals surface area contributed by atoms with Gasteiger partial charge >= 0.3 is 39.3 Å². The maximum absolute atomic E-state index is 12.4. The number of aromatic nitrogens is 3. The van der Waals surface area contributed by atoms with Gasteiger partial charge in [-0.2, -0.15) is 39.5 Å². The van der Waals surface area contributed by atoms with E-state index in [-0.39, 0.29) is 45.4 Å². The number of rotatable bonds is 16. The lowest BCUT2D eigenvalue weighted by Crippen LogP contribution is -2.41. The van der Waals surface area contributed by atoms with Crippen LogP contribution in [0.2, 0.25) is 19.6 Å². The number of ether oxygens (including phenoxy) is 1. The second-order valence-corrected chi connectivity index (χ2v) is 31.7. The zero-order chi connectivity index (χ0) is 69.7. The predicted octanol–water partition coefficient (Wildman–Crippen LogP) is 16.2. The summed E-state index contributed by atoms with van der Waals surface area (Å²) in [4.78, 5) is 21.5. The Morgan fingerprint density at radius 3 is 1.17 bits per heavy atom. The van der Waals surface area contributed by atoms with Crippen molar-refractivity contribution >= 4 is 72.3 Å². The molecule has 3 aromatic heterocycles. The molecule has 3 fully saturated rings. The van der Waals surface area contributed by atoms with Crippen molar-refractivity contribution in [3.05, 3.63) is 81.0 Å². The first kappa shape index (κ1) is 88.5. The number of aliphatic hydroxyl groups is 2. The number of unbranched alkanes of at least 4 members (excludes halogenated alkanes) is 10. The highest BCUT2D eigenvalue weighted by Crippen LogP contribution is 2.44. The molecule has 14 nitrogen and oxygen atoms in total. The van der Waals surface area contributed by atoms with E-state index in [4.69, 9.17) is 33.4 Å². The lowest BCUT2D eigenvalue weighted by atomic mass is 9.49. The van der Waals surface area contributed by atoms with E-state index in [1.807, 2.05) is 55.4 Å². The fourth-order valence-electron chi connectivity index (χ4n) is 6.85. The Kier molecular flexibility index (Phi) is 39.7. The van der Waals surface area contributed by atoms with Crippen LogP contribution in [0.4, 0.5) is 44.0 Å². The summed E-state index contributed by atoms with van der Waals surface area (Å²) in [6, 6.07) is 3.76. The molecule has 89 heavy (non-hydrogen) atoms. The van der Waals surface area contributed by atoms with Crippen LogP contribution < -0.4 is 11.0 Å². The number of pyridine rings is 3. The van der Waals surface area contributed by atoms with Gasteiger partial charge in [0.05, 0.1) is 22.4 Å². The molecule has 6 heterocycles. The van der Waals surface area contributed by atoms with Crippen molar-refractivity contribution in [3.63, 3.8) is 0 Å². The van der Waals surface area contributed by atoms with Crippen molar-refractivity contribution in [1.29, 1.82) is 0 Å². The normalized spacial score (nSPS) is 18.4. The standard InChI is InChI=1S/C12H24B2O4.C8H9BF3NO3.C8H7BrF3NO.2C8H18.C7H6BrNO.C4H9F3Si.C4H8FNO/c1-9(2)10(3,4)16-13(15-9)14-17-11(5,6)12(7,8)18-14;1-7(14,8(10,11)12)5-2-6(9(15)16)4-13-3-5;1-7(14,8(10,11)12)5-2-6(9)4-13-3-5;2*1-3-5-7-8-6-4-2;1-5(10)6-2-7(8)4-9-3-6;1-8(2,3)4(5,6)7;5-6-4-2-1-3-7-4/h1-8H3;2-4,14-16H,1H3;2-4,14H,1H3;2*3-8H2,1-2H3;2-4H,1H3;1-3H3;4,6H,1-3H2. The zero-order valence-electron chi connectivity index (χ0n) is 55.2. The summed E-state index contributed by atoms with van der Waals surface area (Å²) < 4.78 is 151. The van der Waals surface area contributed by atoms with Gasteiger partial charge in [0.25, 0.3) is 0 Å². The number of carbonyl (C=O) groups is 1. The highest BCUT2D eigenvalue weighted by Gasteiger charge is 2.64. The topological polar surface area (TPSA) is 195 Å². The van der Waals surface area contributed by atoms with Crippen LogP contribution in [0.1, 0.15) is 215 Å². The number of hydrogen-bond acceptors (Lipinski definition) is 14. The first-order valence-corrected chi connectivity index (χ1v) is 35.0. The average Bonchev–Trinajstić information content (AvgIpc) is 1.72. The van der Waals surface area contributed by atoms with E-state index >= 15 is 0 Å². The first-order chi connectivity index (χ1) is 40.5. The Labute approximate surface area is 541 Å². The minimum atomic E-state index is -4.87. The van der Waals surface area contributed by atoms with Gasteiger partial charge in [-0.25, -0.2) is 0 Å². The van der Waals surface area contributed by atoms with Crippen molar-refractivity contribution in [2.45, 2.75) is 271 Å². The van der Waals surface area contributed by atoms with E-state index in [2.05, 4.69) is 74.5 Å². The Balaban J connectivity index is 0. The molecule has 0 bridgehead atoms. The molecule has 0 spiro atoms. The molecule has 3 aliphatic heterocycles. The van der Waals surface area contributed by atoms with E-state index in [1.165, 1.54) is 116 Å². The van der Waals surface area contributed by atoms with Crippen molar-refractivity contribution in [2.75, 3.05) is 6.61 Å². The summed E-state index contributed by atoms with van der Waals surface area (Å²) in [6.07, 6.45) is 16.2. The second-order valence-electron chi connectivity index (χ2n) is 24.8. The molecular weight excluding hydrogens is 1330 g/mol. The molecule has 3 saturated heterocycles. The molecule has 0 aromatic carbocycles. The predicted molar refractivity (Wildman–Crippen MR) is 342 cm³/mol. The van der Waals surface area contributed by atoms with E-state index in [0.29, 0.717) is 30.5 Å². The summed E-state index contributed by atoms with van der Waals surface area (Å²) in [5.74, 6) is -3.89. The van der Waals surface area contributed by atoms with Crippen LogP contribution >= 0.6 is 31.9 Å². The average molecular weight is 1430 g/mol. The Morgan fingerprint density at radius 1 is 0.607 bits per heavy atom. The molecule has 3 aromatic rings. The third-order valence-electron chi connectivity index (χ3n) is 14.7. The molecule has 512 valence electrons. The van der Waals surface area contributed by atoms with Gasteiger partial charge in [-0.1, -0.05) is 130 Å². The van der Waals surface area contributed by atoms with Gasteiger partial charge in [0.15, 0.2) is 25.1 Å². The van der Waals surface area contributed by atoms with Crippen LogP contribution in [-0.2, 0) is 34.6 Å². The fraction of sp³-hybridized carbons (Fsp3) is 0.729. The van der Waals surface area contributed by atoms with E-state index in [1.54, 1.807) is 24.0 Å². The molecule has 3 unspecified atom stereocenters. The fourth-order valence-corrected chi connectivity index (χ4v) is 7.57. The van der Waals surface area contributed by atoms with Crippen LogP contribution in [0.5, 0.6) is 0 Å². The Bertz CT molecular complexity index is 2340. The number of ketones is 1. The number of nitrogens with one attached hydrogen (secondary N) is 1. The molecule has 3 atom stereocenters. The quantitative estimate of drug-likeness (QED) is 0.0299. The maximum atomic E-state index is 12.4. The van der Waals surface area contributed by atoms with Gasteiger partial charge in [-0.15, -0.1) is 10.0 Å². The molecular formula is C59H99B3Br2F10N4O10Si. The van der Waals surface area contributed by atoms with Gasteiger partial charge in [-0.3, -0.25) is 19.7 Å². The van der Waals surface area contributed by atoms with Crippen molar-refractivity contribution in [2.24, 2.45) is 0 Å². The van der Waals surface area contributed by atoms with E-state index in [9.17, 15) is 59.0 Å². The number of hydrogen-bond donors (Lipinski definition) is 5. The highest BCUT2D eigenvalue weighted by molar-refractivity contribution is 9.10. The third-order valence-corrected chi connectivity index (χ3v) is 17.3. The van der Waals surface area contributed by atoms with E-state index < -0.39 is 64.1 Å². The third kappa shape index (κ3) is 32.4. The van der Waals surface area contributed by atoms with Gasteiger partial charge in [0, 0.05) is 74.9 Å². The minimum absolute atomic E-state index is 0.0359. The summed E-state index contributed by atoms with van der Waals surface area (Å²) in [6.45, 7) is 32.6. The van der Waals surface area contributed by atoms with Crippen LogP contribution in [0.15, 0.2) is 64.3 Å². The number of Topliss-reactive ketones (excluding diaryl/α,β-unsaturated/α-hetero) is 1. The van der Waals surface area contributed by atoms with Crippen LogP contribution in [0.25, 0.3) is 0 Å². The lowest BCUT2D eigenvalue weighted by Gasteiger charge is -2.32. The molecule has 3 aliphatic rings. The summed E-state index contributed by atoms with van der Waals surface area (Å²) >= 11 is 6.20. The van der Waals surface area contributed by atoms with Crippen molar-refractivity contribution in [3.8, 4) is 0 Å². The van der Waals surface area contributed by atoms with E-state index in [0.717, 1.165) is 42.0 Å². The second kappa shape index (κ2) is 39.9. The lowest BCUT2D eigenvalue weighted by molar-refractivity contribution is -0.259. The monoisotopic (exact) mass is 1430 g/mol. The molecule has 6 rings (SSSR count). The smallest absolute Gasteiger partial charge is 0.423 e. The van der Waals surface area contributed by atoms with Gasteiger partial charge in [0.1, 0.15) is 6.23 Å². The summed E-state index contributed by atoms with van der Waals surface area (Å²) in [7, 11) is -5.74. The molecule has 0 saturated carbocycles. The van der Waals surface area contributed by atoms with Gasteiger partial charge in [-0.05, 0) is 133 Å². The molecule has 0 amide bonds. The molecule has 0 aliphatic carbocycles. The number of alkyl halides is 9. The SMILES string of the molecule is CC(=O)c1cncc(Br)c1.CC(O)(c1cncc(B(O)O)c1)C(F)(F)F.CC(O)(c1cncc(Br)c1)C(F)(F)F.CC1(C)OB(B2OC(C)(C)C(C)(C)O2)OC1(C)C.CCCCCCCC.CCCCCCCC.C[Si](C)(C)C(F)(F)F.FNC1CCCO1. The Hall–Kier alpha value is -2.61. The van der Waals surface area contributed by atoms with Crippen molar-refractivity contribution in [1.82, 2.24) is 20.5 Å². The maximum Gasteiger partial charge on any atom is 0.490 e. The largest absolute Gasteiger partial charge is 0.490 e. The minimum Gasteiger partial charge on any atom is -0.423 e. The summed E-state index contributed by atoms with van der Waals surface area (Å²) in [5, 5.41) is 36.1.